The van der Waals surface area contributed by atoms with E-state index in [9.17, 15) is 0 Å². The van der Waals surface area contributed by atoms with Crippen molar-refractivity contribution in [3.05, 3.63) is 0 Å². The summed E-state index contributed by atoms with van der Waals surface area (Å²) >= 11 is 0. The average molecular weight is 198 g/mol. The summed E-state index contributed by atoms with van der Waals surface area (Å²) in [5.74, 6) is 0.811. The second-order valence-electron chi connectivity index (χ2n) is 7.01. The van der Waals surface area contributed by atoms with Crippen molar-refractivity contribution in [2.75, 3.05) is 27.7 Å². The van der Waals surface area contributed by atoms with Crippen molar-refractivity contribution in [3.63, 3.8) is 0 Å². The largest absolute Gasteiger partial charge is 0.366 e. The van der Waals surface area contributed by atoms with Gasteiger partial charge in [-0.15, -0.1) is 0 Å². The van der Waals surface area contributed by atoms with Gasteiger partial charge in [-0.3, -0.25) is 0 Å². The molecule has 0 bridgehead atoms. The molecule has 0 unspecified atom stereocenters. The second kappa shape index (κ2) is 2.53. The van der Waals surface area contributed by atoms with Crippen molar-refractivity contribution in [1.82, 2.24) is 0 Å². The smallest absolute Gasteiger partial charge is 0.0931 e. The van der Waals surface area contributed by atoms with Crippen LogP contribution in [0.3, 0.4) is 0 Å². The van der Waals surface area contributed by atoms with Crippen molar-refractivity contribution in [2.24, 2.45) is 11.3 Å². The zero-order valence-electron chi connectivity index (χ0n) is 10.4. The van der Waals surface area contributed by atoms with Gasteiger partial charge < -0.3 is 9.22 Å². The lowest BCUT2D eigenvalue weighted by molar-refractivity contribution is -0.874. The molecule has 2 heteroatoms. The fourth-order valence-electron chi connectivity index (χ4n) is 3.26. The first kappa shape index (κ1) is 10.4. The molecule has 0 amide bonds. The summed E-state index contributed by atoms with van der Waals surface area (Å²) in [6.07, 6.45) is 1.77. The molecule has 0 aromatic carbocycles. The van der Waals surface area contributed by atoms with Gasteiger partial charge in [0, 0.05) is 11.3 Å². The Morgan fingerprint density at radius 3 is 2.14 bits per heavy atom. The Labute approximate surface area is 87.8 Å². The summed E-state index contributed by atoms with van der Waals surface area (Å²) in [6, 6.07) is 0. The molecule has 0 aromatic rings. The quantitative estimate of drug-likeness (QED) is 0.488. The van der Waals surface area contributed by atoms with Gasteiger partial charge in [0.2, 0.25) is 0 Å². The van der Waals surface area contributed by atoms with Crippen molar-refractivity contribution < 1.29 is 9.22 Å². The first-order valence-electron chi connectivity index (χ1n) is 5.63. The van der Waals surface area contributed by atoms with Crippen molar-refractivity contribution in [2.45, 2.75) is 38.9 Å². The van der Waals surface area contributed by atoms with E-state index < -0.39 is 0 Å². The van der Waals surface area contributed by atoms with Crippen LogP contribution < -0.4 is 0 Å². The number of ether oxygens (including phenoxy) is 1. The van der Waals surface area contributed by atoms with Crippen LogP contribution in [0.1, 0.15) is 27.2 Å². The zero-order valence-corrected chi connectivity index (χ0v) is 10.4. The van der Waals surface area contributed by atoms with E-state index >= 15 is 0 Å². The molecule has 14 heavy (non-hydrogen) atoms. The summed E-state index contributed by atoms with van der Waals surface area (Å²) in [5, 5.41) is 0. The summed E-state index contributed by atoms with van der Waals surface area (Å²) in [6.45, 7) is 8.28. The minimum atomic E-state index is 0.226. The minimum Gasteiger partial charge on any atom is -0.366 e. The molecule has 0 spiro atoms. The average Bonchev–Trinajstić information content (AvgIpc) is 2.53. The van der Waals surface area contributed by atoms with Gasteiger partial charge in [0.05, 0.1) is 39.4 Å². The van der Waals surface area contributed by atoms with Crippen LogP contribution in [0.2, 0.25) is 0 Å². The van der Waals surface area contributed by atoms with Gasteiger partial charge in [0.25, 0.3) is 0 Å². The maximum atomic E-state index is 5.79. The monoisotopic (exact) mass is 198 g/mol. The number of epoxide rings is 1. The molecular formula is C12H24NO+. The molecule has 0 radical (unpaired) electrons. The maximum Gasteiger partial charge on any atom is 0.0931 e. The van der Waals surface area contributed by atoms with Crippen LogP contribution in [0.15, 0.2) is 0 Å². The molecule has 0 N–H and O–H groups in total. The zero-order chi connectivity index (χ0) is 10.8. The summed E-state index contributed by atoms with van der Waals surface area (Å²) in [4.78, 5) is 0. The van der Waals surface area contributed by atoms with Crippen LogP contribution in [0.5, 0.6) is 0 Å². The molecule has 2 rings (SSSR count). The Hall–Kier alpha value is -0.0800. The van der Waals surface area contributed by atoms with Crippen molar-refractivity contribution in [3.8, 4) is 0 Å². The SMILES string of the molecule is CC1(C)[C@@H](C[N+](C)(C)C)C[C@]2(C)O[C@H]12. The van der Waals surface area contributed by atoms with Crippen molar-refractivity contribution in [1.29, 1.82) is 0 Å². The van der Waals surface area contributed by atoms with Gasteiger partial charge in [-0.2, -0.15) is 0 Å². The van der Waals surface area contributed by atoms with E-state index in [1.54, 1.807) is 0 Å². The van der Waals surface area contributed by atoms with Crippen LogP contribution in [0, 0.1) is 11.3 Å². The van der Waals surface area contributed by atoms with E-state index in [0.717, 1.165) is 10.4 Å². The molecule has 3 atom stereocenters. The van der Waals surface area contributed by atoms with Crippen LogP contribution in [0.25, 0.3) is 0 Å². The highest BCUT2D eigenvalue weighted by molar-refractivity contribution is 5.15. The van der Waals surface area contributed by atoms with E-state index in [-0.39, 0.29) is 5.60 Å². The number of nitrogens with zero attached hydrogens (tertiary/aromatic N) is 1. The molecule has 1 heterocycles. The number of hydrogen-bond donors (Lipinski definition) is 0. The Morgan fingerprint density at radius 2 is 1.79 bits per heavy atom. The number of hydrogen-bond acceptors (Lipinski definition) is 1. The highest BCUT2D eigenvalue weighted by Gasteiger charge is 2.69. The predicted molar refractivity (Wildman–Crippen MR) is 58.1 cm³/mol. The van der Waals surface area contributed by atoms with E-state index in [0.29, 0.717) is 11.5 Å². The number of quaternary nitrogens is 1. The molecule has 0 aromatic heterocycles. The fraction of sp³-hybridized carbons (Fsp3) is 1.00. The van der Waals surface area contributed by atoms with Gasteiger partial charge in [-0.05, 0) is 13.3 Å². The summed E-state index contributed by atoms with van der Waals surface area (Å²) in [5.41, 5.74) is 0.601. The number of fused-ring (bicyclic) bond motifs is 1. The Balaban J connectivity index is 2.09. The van der Waals surface area contributed by atoms with Crippen LogP contribution >= 0.6 is 0 Å². The van der Waals surface area contributed by atoms with E-state index in [1.807, 2.05) is 0 Å². The normalized spacial score (nSPS) is 45.0. The van der Waals surface area contributed by atoms with Crippen LogP contribution in [-0.4, -0.2) is 43.9 Å². The van der Waals surface area contributed by atoms with Gasteiger partial charge in [-0.1, -0.05) is 13.8 Å². The highest BCUT2D eigenvalue weighted by Crippen LogP contribution is 2.62. The Kier molecular flexibility index (Phi) is 1.89. The third kappa shape index (κ3) is 1.49. The first-order valence-corrected chi connectivity index (χ1v) is 5.63. The first-order chi connectivity index (χ1) is 6.15. The van der Waals surface area contributed by atoms with Crippen LogP contribution in [0.4, 0.5) is 0 Å². The van der Waals surface area contributed by atoms with Crippen LogP contribution in [-0.2, 0) is 4.74 Å². The van der Waals surface area contributed by atoms with Crippen molar-refractivity contribution >= 4 is 0 Å². The summed E-state index contributed by atoms with van der Waals surface area (Å²) in [7, 11) is 6.84. The Morgan fingerprint density at radius 1 is 1.21 bits per heavy atom. The van der Waals surface area contributed by atoms with Gasteiger partial charge in [0.1, 0.15) is 0 Å². The lowest BCUT2D eigenvalue weighted by atomic mass is 9.80. The molecule has 2 fully saturated rings. The third-order valence-corrected chi connectivity index (χ3v) is 4.03. The second-order valence-corrected chi connectivity index (χ2v) is 7.01. The molecule has 1 aliphatic heterocycles. The van der Waals surface area contributed by atoms with E-state index in [1.165, 1.54) is 13.0 Å². The molecule has 2 aliphatic rings. The third-order valence-electron chi connectivity index (χ3n) is 4.03. The van der Waals surface area contributed by atoms with Gasteiger partial charge in [-0.25, -0.2) is 0 Å². The van der Waals surface area contributed by atoms with Gasteiger partial charge in [0.15, 0.2) is 0 Å². The molecule has 1 aliphatic carbocycles. The van der Waals surface area contributed by atoms with E-state index in [2.05, 4.69) is 41.9 Å². The predicted octanol–water partition coefficient (Wildman–Crippen LogP) is 1.90. The lowest BCUT2D eigenvalue weighted by Crippen LogP contribution is -2.43. The molecule has 1 saturated heterocycles. The molecule has 2 nitrogen and oxygen atoms in total. The Bertz CT molecular complexity index is 254. The number of rotatable bonds is 2. The topological polar surface area (TPSA) is 12.5 Å². The minimum absolute atomic E-state index is 0.226. The molecule has 82 valence electrons. The summed E-state index contributed by atoms with van der Waals surface area (Å²) < 4.78 is 6.86. The maximum absolute atomic E-state index is 5.79. The fourth-order valence-corrected chi connectivity index (χ4v) is 3.26. The molecular weight excluding hydrogens is 174 g/mol. The molecule has 1 saturated carbocycles. The lowest BCUT2D eigenvalue weighted by Gasteiger charge is -2.35. The van der Waals surface area contributed by atoms with E-state index in [4.69, 9.17) is 4.74 Å². The van der Waals surface area contributed by atoms with Gasteiger partial charge >= 0.3 is 0 Å². The standard InChI is InChI=1S/C12H24NO/c1-11(2)9(8-13(4,5)6)7-12(3)10(11)14-12/h9-10H,7-8H2,1-6H3/q+1/t9-,10-,12+/m1/s1. The highest BCUT2D eigenvalue weighted by atomic mass is 16.6.